The summed E-state index contributed by atoms with van der Waals surface area (Å²) in [6.07, 6.45) is 0. The Bertz CT molecular complexity index is 1410. The number of thioether (sulfide) groups is 1. The zero-order chi connectivity index (χ0) is 22.1. The molecule has 2 heterocycles. The minimum atomic E-state index is -0.386. The van der Waals surface area contributed by atoms with Crippen molar-refractivity contribution in [3.05, 3.63) is 74.2 Å². The number of hydrogen-bond acceptors (Lipinski definition) is 6. The number of carbonyl (C=O) groups is 1. The van der Waals surface area contributed by atoms with E-state index in [4.69, 9.17) is 12.2 Å². The molecule has 1 amide bonds. The summed E-state index contributed by atoms with van der Waals surface area (Å²) in [5, 5.41) is 3.05. The van der Waals surface area contributed by atoms with Crippen molar-refractivity contribution in [1.82, 2.24) is 14.1 Å². The molecule has 0 bridgehead atoms. The van der Waals surface area contributed by atoms with Gasteiger partial charge in [-0.05, 0) is 49.0 Å². The Kier molecular flexibility index (Phi) is 6.03. The molecular weight excluding hydrogens is 455 g/mol. The summed E-state index contributed by atoms with van der Waals surface area (Å²) in [7, 11) is 1.61. The Morgan fingerprint density at radius 1 is 1.26 bits per heavy atom. The van der Waals surface area contributed by atoms with Gasteiger partial charge in [0.05, 0.1) is 5.75 Å². The molecule has 2 aromatic heterocycles. The second kappa shape index (κ2) is 8.74. The Balaban J connectivity index is 1.62. The first-order valence-corrected chi connectivity index (χ1v) is 11.4. The maximum atomic E-state index is 13.7. The van der Waals surface area contributed by atoms with E-state index in [9.17, 15) is 14.0 Å². The maximum Gasteiger partial charge on any atom is 0.273 e. The molecule has 0 atom stereocenters. The van der Waals surface area contributed by atoms with Crippen LogP contribution in [0, 0.1) is 16.7 Å². The number of benzene rings is 2. The van der Waals surface area contributed by atoms with Crippen molar-refractivity contribution < 1.29 is 9.18 Å². The van der Waals surface area contributed by atoms with E-state index in [1.54, 1.807) is 30.7 Å². The molecule has 0 aliphatic heterocycles. The van der Waals surface area contributed by atoms with Gasteiger partial charge in [0.2, 0.25) is 5.91 Å². The van der Waals surface area contributed by atoms with E-state index in [0.29, 0.717) is 30.7 Å². The minimum Gasteiger partial charge on any atom is -0.325 e. The van der Waals surface area contributed by atoms with Crippen LogP contribution in [-0.2, 0) is 11.8 Å². The van der Waals surface area contributed by atoms with E-state index >= 15 is 0 Å². The fraction of sp³-hybridized carbons (Fsp3) is 0.143. The number of para-hydroxylation sites is 1. The zero-order valence-corrected chi connectivity index (χ0v) is 19.0. The van der Waals surface area contributed by atoms with Gasteiger partial charge < -0.3 is 5.32 Å². The monoisotopic (exact) mass is 472 g/mol. The first-order chi connectivity index (χ1) is 14.8. The van der Waals surface area contributed by atoms with Crippen LogP contribution in [0.4, 0.5) is 10.1 Å². The zero-order valence-electron chi connectivity index (χ0n) is 16.6. The number of amides is 1. The molecule has 0 aliphatic rings. The molecule has 0 aliphatic carbocycles. The molecule has 0 saturated heterocycles. The molecule has 0 unspecified atom stereocenters. The Morgan fingerprint density at radius 2 is 2.00 bits per heavy atom. The highest BCUT2D eigenvalue weighted by molar-refractivity contribution is 7.99. The van der Waals surface area contributed by atoms with Crippen LogP contribution in [0.5, 0.6) is 0 Å². The number of aromatic nitrogens is 3. The largest absolute Gasteiger partial charge is 0.325 e. The fourth-order valence-electron chi connectivity index (χ4n) is 2.94. The highest BCUT2D eigenvalue weighted by Gasteiger charge is 2.17. The number of hydrogen-bond donors (Lipinski definition) is 1. The summed E-state index contributed by atoms with van der Waals surface area (Å²) in [4.78, 5) is 29.8. The predicted octanol–water partition coefficient (Wildman–Crippen LogP) is 4.69. The molecule has 2 aromatic carbocycles. The van der Waals surface area contributed by atoms with Gasteiger partial charge in [-0.15, -0.1) is 0 Å². The minimum absolute atomic E-state index is 0.0114. The van der Waals surface area contributed by atoms with E-state index in [0.717, 1.165) is 17.4 Å². The topological polar surface area (TPSA) is 68.9 Å². The fourth-order valence-corrected chi connectivity index (χ4v) is 5.06. The number of nitrogens with zero attached hydrogens (tertiary/aromatic N) is 3. The van der Waals surface area contributed by atoms with Gasteiger partial charge in [0.25, 0.3) is 5.56 Å². The molecule has 0 fully saturated rings. The van der Waals surface area contributed by atoms with Gasteiger partial charge in [-0.1, -0.05) is 47.4 Å². The van der Waals surface area contributed by atoms with Crippen molar-refractivity contribution in [2.24, 2.45) is 7.05 Å². The first kappa shape index (κ1) is 21.4. The summed E-state index contributed by atoms with van der Waals surface area (Å²) in [6, 6.07) is 14.0. The van der Waals surface area contributed by atoms with Crippen molar-refractivity contribution in [1.29, 1.82) is 0 Å². The molecule has 31 heavy (non-hydrogen) atoms. The average Bonchev–Trinajstić information content (AvgIpc) is 3.09. The Hall–Kier alpha value is -2.82. The SMILES string of the molecule is Cc1ccc(NC(=O)CSc2nc3c(sc(=S)n3-c3ccccc3)c(=O)n2C)cc1F. The lowest BCUT2D eigenvalue weighted by Crippen LogP contribution is -2.21. The summed E-state index contributed by atoms with van der Waals surface area (Å²) in [6.45, 7) is 1.65. The van der Waals surface area contributed by atoms with Crippen LogP contribution in [0.1, 0.15) is 5.56 Å². The van der Waals surface area contributed by atoms with Crippen molar-refractivity contribution in [3.8, 4) is 5.69 Å². The van der Waals surface area contributed by atoms with Crippen molar-refractivity contribution in [2.75, 3.05) is 11.1 Å². The third-order valence-electron chi connectivity index (χ3n) is 4.58. The molecular formula is C21H17FN4O2S3. The molecule has 6 nitrogen and oxygen atoms in total. The van der Waals surface area contributed by atoms with Gasteiger partial charge in [-0.3, -0.25) is 18.7 Å². The highest BCUT2D eigenvalue weighted by Crippen LogP contribution is 2.25. The second-order valence-corrected chi connectivity index (χ2v) is 9.34. The van der Waals surface area contributed by atoms with E-state index < -0.39 is 0 Å². The molecule has 1 N–H and O–H groups in total. The number of thiazole rings is 1. The summed E-state index contributed by atoms with van der Waals surface area (Å²) in [5.41, 5.74) is 1.94. The van der Waals surface area contributed by atoms with Crippen LogP contribution in [0.2, 0.25) is 0 Å². The van der Waals surface area contributed by atoms with Crippen molar-refractivity contribution >= 4 is 57.3 Å². The van der Waals surface area contributed by atoms with Crippen LogP contribution in [0.25, 0.3) is 16.0 Å². The predicted molar refractivity (Wildman–Crippen MR) is 126 cm³/mol. The Morgan fingerprint density at radius 3 is 2.71 bits per heavy atom. The third kappa shape index (κ3) is 4.32. The summed E-state index contributed by atoms with van der Waals surface area (Å²) in [5.74, 6) is -0.701. The van der Waals surface area contributed by atoms with E-state index in [1.807, 2.05) is 30.3 Å². The normalized spacial score (nSPS) is 11.1. The van der Waals surface area contributed by atoms with Crippen LogP contribution in [0.15, 0.2) is 58.5 Å². The van der Waals surface area contributed by atoms with Gasteiger partial charge in [0.1, 0.15) is 10.5 Å². The smallest absolute Gasteiger partial charge is 0.273 e. The number of carbonyl (C=O) groups excluding carboxylic acids is 1. The lowest BCUT2D eigenvalue weighted by molar-refractivity contribution is -0.113. The second-order valence-electron chi connectivity index (χ2n) is 6.75. The van der Waals surface area contributed by atoms with Crippen LogP contribution >= 0.6 is 35.3 Å². The standard InChI is InChI=1S/C21H17FN4O2S3/c1-12-8-9-13(10-15(12)22)23-16(27)11-30-20-24-18-17(19(28)25(20)2)31-21(29)26(18)14-6-4-3-5-7-14/h3-10H,11H2,1-2H3,(H,23,27). The molecule has 10 heteroatoms. The number of anilines is 1. The van der Waals surface area contributed by atoms with E-state index in [-0.39, 0.29) is 23.0 Å². The maximum absolute atomic E-state index is 13.7. The average molecular weight is 473 g/mol. The van der Waals surface area contributed by atoms with Crippen LogP contribution in [-0.4, -0.2) is 25.8 Å². The molecule has 0 saturated carbocycles. The lowest BCUT2D eigenvalue weighted by Gasteiger charge is -2.10. The van der Waals surface area contributed by atoms with E-state index in [2.05, 4.69) is 10.3 Å². The lowest BCUT2D eigenvalue weighted by atomic mass is 10.2. The van der Waals surface area contributed by atoms with Gasteiger partial charge in [-0.2, -0.15) is 0 Å². The molecule has 4 aromatic rings. The van der Waals surface area contributed by atoms with Crippen molar-refractivity contribution in [2.45, 2.75) is 12.1 Å². The molecule has 158 valence electrons. The van der Waals surface area contributed by atoms with Gasteiger partial charge in [0, 0.05) is 18.4 Å². The van der Waals surface area contributed by atoms with Gasteiger partial charge >= 0.3 is 0 Å². The van der Waals surface area contributed by atoms with Crippen LogP contribution < -0.4 is 10.9 Å². The summed E-state index contributed by atoms with van der Waals surface area (Å²) >= 11 is 7.81. The third-order valence-corrected chi connectivity index (χ3v) is 6.96. The van der Waals surface area contributed by atoms with Gasteiger partial charge in [0.15, 0.2) is 14.8 Å². The van der Waals surface area contributed by atoms with Crippen LogP contribution in [0.3, 0.4) is 0 Å². The number of halogens is 1. The molecule has 0 spiro atoms. The number of fused-ring (bicyclic) bond motifs is 1. The van der Waals surface area contributed by atoms with Gasteiger partial charge in [-0.25, -0.2) is 9.37 Å². The highest BCUT2D eigenvalue weighted by atomic mass is 32.2. The van der Waals surface area contributed by atoms with Crippen molar-refractivity contribution in [3.63, 3.8) is 0 Å². The Labute approximate surface area is 190 Å². The van der Waals surface area contributed by atoms with E-state index in [1.165, 1.54) is 22.0 Å². The molecule has 4 rings (SSSR count). The first-order valence-electron chi connectivity index (χ1n) is 9.22. The number of aryl methyl sites for hydroxylation is 1. The number of rotatable bonds is 5. The summed E-state index contributed by atoms with van der Waals surface area (Å²) < 4.78 is 17.8. The number of nitrogens with one attached hydrogen (secondary N) is 1. The quantitative estimate of drug-likeness (QED) is 0.259. The molecule has 0 radical (unpaired) electrons.